The Balaban J connectivity index is 2.36. The van der Waals surface area contributed by atoms with Gasteiger partial charge in [0.05, 0.1) is 11.5 Å². The summed E-state index contributed by atoms with van der Waals surface area (Å²) in [6.07, 6.45) is 5.57. The zero-order valence-corrected chi connectivity index (χ0v) is 7.49. The van der Waals surface area contributed by atoms with Gasteiger partial charge in [0.1, 0.15) is 5.82 Å². The maximum atomic E-state index is 9.59. The van der Waals surface area contributed by atoms with E-state index in [1.165, 1.54) is 0 Å². The highest BCUT2D eigenvalue weighted by atomic mass is 16.3. The van der Waals surface area contributed by atoms with E-state index < -0.39 is 0 Å². The number of rotatable bonds is 2. The zero-order valence-electron chi connectivity index (χ0n) is 7.49. The van der Waals surface area contributed by atoms with E-state index in [4.69, 9.17) is 0 Å². The van der Waals surface area contributed by atoms with E-state index in [1.807, 2.05) is 24.7 Å². The largest absolute Gasteiger partial charge is 0.392 e. The van der Waals surface area contributed by atoms with Crippen molar-refractivity contribution < 1.29 is 5.11 Å². The van der Waals surface area contributed by atoms with Gasteiger partial charge < -0.3 is 9.67 Å². The standard InChI is InChI=1S/C9H14N2O/c1-7(12)9(3-4-9)8-10-5-6-11(8)2/h5-7,12H,3-4H2,1-2H3. The first-order valence-electron chi connectivity index (χ1n) is 4.33. The molecule has 0 aromatic carbocycles. The van der Waals surface area contributed by atoms with Gasteiger partial charge >= 0.3 is 0 Å². The van der Waals surface area contributed by atoms with E-state index >= 15 is 0 Å². The van der Waals surface area contributed by atoms with Crippen LogP contribution >= 0.6 is 0 Å². The van der Waals surface area contributed by atoms with Gasteiger partial charge in [-0.3, -0.25) is 0 Å². The molecule has 0 saturated heterocycles. The molecule has 1 N–H and O–H groups in total. The second-order valence-electron chi connectivity index (χ2n) is 3.69. The van der Waals surface area contributed by atoms with Crippen LogP contribution in [-0.4, -0.2) is 20.8 Å². The first-order chi connectivity index (χ1) is 5.67. The summed E-state index contributed by atoms with van der Waals surface area (Å²) in [4.78, 5) is 4.27. The second-order valence-corrected chi connectivity index (χ2v) is 3.69. The van der Waals surface area contributed by atoms with Crippen molar-refractivity contribution in [2.75, 3.05) is 0 Å². The molecular weight excluding hydrogens is 152 g/mol. The van der Waals surface area contributed by atoms with Crippen LogP contribution in [0.1, 0.15) is 25.6 Å². The van der Waals surface area contributed by atoms with Gasteiger partial charge in [-0.1, -0.05) is 0 Å². The first-order valence-corrected chi connectivity index (χ1v) is 4.33. The Morgan fingerprint density at radius 1 is 1.67 bits per heavy atom. The van der Waals surface area contributed by atoms with Crippen LogP contribution < -0.4 is 0 Å². The minimum Gasteiger partial charge on any atom is -0.392 e. The fourth-order valence-corrected chi connectivity index (χ4v) is 1.81. The van der Waals surface area contributed by atoms with Crippen molar-refractivity contribution in [2.24, 2.45) is 7.05 Å². The number of aromatic nitrogens is 2. The van der Waals surface area contributed by atoms with E-state index in [2.05, 4.69) is 4.98 Å². The van der Waals surface area contributed by atoms with Gasteiger partial charge in [0.15, 0.2) is 0 Å². The molecule has 1 atom stereocenters. The first kappa shape index (κ1) is 7.80. The van der Waals surface area contributed by atoms with E-state index in [0.29, 0.717) is 0 Å². The lowest BCUT2D eigenvalue weighted by atomic mass is 10.00. The fraction of sp³-hybridized carbons (Fsp3) is 0.667. The highest BCUT2D eigenvalue weighted by Crippen LogP contribution is 2.49. The Kier molecular flexibility index (Phi) is 1.51. The number of aliphatic hydroxyl groups excluding tert-OH is 1. The Labute approximate surface area is 72.0 Å². The molecule has 0 aliphatic heterocycles. The molecule has 0 bridgehead atoms. The van der Waals surface area contributed by atoms with Crippen LogP contribution in [0.3, 0.4) is 0 Å². The van der Waals surface area contributed by atoms with Crippen LogP contribution in [0.4, 0.5) is 0 Å². The summed E-state index contributed by atoms with van der Waals surface area (Å²) in [6, 6.07) is 0. The predicted octanol–water partition coefficient (Wildman–Crippen LogP) is 0.833. The molecule has 1 heterocycles. The maximum Gasteiger partial charge on any atom is 0.117 e. The average molecular weight is 166 g/mol. The van der Waals surface area contributed by atoms with Crippen LogP contribution in [0.15, 0.2) is 12.4 Å². The van der Waals surface area contributed by atoms with Crippen molar-refractivity contribution in [1.29, 1.82) is 0 Å². The molecule has 1 unspecified atom stereocenters. The summed E-state index contributed by atoms with van der Waals surface area (Å²) in [5.41, 5.74) is -0.0295. The third-order valence-corrected chi connectivity index (χ3v) is 2.85. The molecule has 12 heavy (non-hydrogen) atoms. The summed E-state index contributed by atoms with van der Waals surface area (Å²) in [6.45, 7) is 1.85. The highest BCUT2D eigenvalue weighted by molar-refractivity contribution is 5.21. The highest BCUT2D eigenvalue weighted by Gasteiger charge is 2.51. The lowest BCUT2D eigenvalue weighted by Gasteiger charge is -2.17. The molecule has 66 valence electrons. The number of imidazole rings is 1. The molecule has 3 nitrogen and oxygen atoms in total. The summed E-state index contributed by atoms with van der Waals surface area (Å²) >= 11 is 0. The lowest BCUT2D eigenvalue weighted by Crippen LogP contribution is -2.25. The second kappa shape index (κ2) is 2.33. The number of nitrogens with zero attached hydrogens (tertiary/aromatic N) is 2. The number of aryl methyl sites for hydroxylation is 1. The SMILES string of the molecule is CC(O)C1(c2nccn2C)CC1. The lowest BCUT2D eigenvalue weighted by molar-refractivity contribution is 0.145. The van der Waals surface area contributed by atoms with Gasteiger partial charge in [-0.2, -0.15) is 0 Å². The van der Waals surface area contributed by atoms with Crippen molar-refractivity contribution in [3.8, 4) is 0 Å². The summed E-state index contributed by atoms with van der Waals surface area (Å²) < 4.78 is 2.00. The maximum absolute atomic E-state index is 9.59. The van der Waals surface area contributed by atoms with Gasteiger partial charge in [0.25, 0.3) is 0 Å². The smallest absolute Gasteiger partial charge is 0.117 e. The van der Waals surface area contributed by atoms with Crippen molar-refractivity contribution in [2.45, 2.75) is 31.3 Å². The number of aliphatic hydroxyl groups is 1. The van der Waals surface area contributed by atoms with Gasteiger partial charge in [0, 0.05) is 19.4 Å². The molecule has 0 radical (unpaired) electrons. The molecule has 1 fully saturated rings. The molecule has 1 aliphatic carbocycles. The van der Waals surface area contributed by atoms with Crippen molar-refractivity contribution >= 4 is 0 Å². The Bertz CT molecular complexity index is 286. The van der Waals surface area contributed by atoms with Crippen LogP contribution in [0, 0.1) is 0 Å². The topological polar surface area (TPSA) is 38.1 Å². The Morgan fingerprint density at radius 2 is 2.33 bits per heavy atom. The molecule has 1 aromatic heterocycles. The summed E-state index contributed by atoms with van der Waals surface area (Å²) in [5, 5.41) is 9.59. The molecule has 3 heteroatoms. The minimum absolute atomic E-state index is 0.0295. The molecule has 1 saturated carbocycles. The monoisotopic (exact) mass is 166 g/mol. The van der Waals surface area contributed by atoms with Crippen molar-refractivity contribution in [1.82, 2.24) is 9.55 Å². The van der Waals surface area contributed by atoms with Gasteiger partial charge in [-0.25, -0.2) is 4.98 Å². The molecule has 0 spiro atoms. The van der Waals surface area contributed by atoms with Gasteiger partial charge in [-0.15, -0.1) is 0 Å². The predicted molar refractivity (Wildman–Crippen MR) is 45.8 cm³/mol. The average Bonchev–Trinajstić information content (AvgIpc) is 2.71. The van der Waals surface area contributed by atoms with E-state index in [0.717, 1.165) is 18.7 Å². The number of hydrogen-bond acceptors (Lipinski definition) is 2. The Morgan fingerprint density at radius 3 is 2.67 bits per heavy atom. The number of hydrogen-bond donors (Lipinski definition) is 1. The van der Waals surface area contributed by atoms with Gasteiger partial charge in [-0.05, 0) is 19.8 Å². The summed E-state index contributed by atoms with van der Waals surface area (Å²) in [5.74, 6) is 1.03. The normalized spacial score (nSPS) is 22.2. The van der Waals surface area contributed by atoms with E-state index in [1.54, 1.807) is 6.20 Å². The molecular formula is C9H14N2O. The van der Waals surface area contributed by atoms with Crippen LogP contribution in [0.5, 0.6) is 0 Å². The molecule has 2 rings (SSSR count). The summed E-state index contributed by atoms with van der Waals surface area (Å²) in [7, 11) is 1.98. The zero-order chi connectivity index (χ0) is 8.77. The fourth-order valence-electron chi connectivity index (χ4n) is 1.81. The van der Waals surface area contributed by atoms with Crippen LogP contribution in [0.2, 0.25) is 0 Å². The third kappa shape index (κ3) is 0.894. The quantitative estimate of drug-likeness (QED) is 0.706. The third-order valence-electron chi connectivity index (χ3n) is 2.85. The van der Waals surface area contributed by atoms with Crippen LogP contribution in [0.25, 0.3) is 0 Å². The van der Waals surface area contributed by atoms with E-state index in [9.17, 15) is 5.11 Å². The molecule has 1 aliphatic rings. The van der Waals surface area contributed by atoms with Crippen molar-refractivity contribution in [3.63, 3.8) is 0 Å². The van der Waals surface area contributed by atoms with Crippen molar-refractivity contribution in [3.05, 3.63) is 18.2 Å². The minimum atomic E-state index is -0.279. The Hall–Kier alpha value is -0.830. The molecule has 1 aromatic rings. The van der Waals surface area contributed by atoms with Crippen LogP contribution in [-0.2, 0) is 12.5 Å². The van der Waals surface area contributed by atoms with Gasteiger partial charge in [0.2, 0.25) is 0 Å². The molecule has 0 amide bonds. The van der Waals surface area contributed by atoms with E-state index in [-0.39, 0.29) is 11.5 Å².